The smallest absolute Gasteiger partial charge is 0.0109 e. The second-order valence-corrected chi connectivity index (χ2v) is 4.01. The summed E-state index contributed by atoms with van der Waals surface area (Å²) in [5, 5.41) is 0. The molecule has 9 heavy (non-hydrogen) atoms. The Hall–Kier alpha value is -0.0400. The molecule has 1 atom stereocenters. The molecule has 0 saturated heterocycles. The first-order chi connectivity index (χ1) is 3.85. The third-order valence-corrected chi connectivity index (χ3v) is 2.03. The Kier molecular flexibility index (Phi) is 2.68. The van der Waals surface area contributed by atoms with Crippen LogP contribution in [0.5, 0.6) is 0 Å². The van der Waals surface area contributed by atoms with Crippen molar-refractivity contribution in [3.63, 3.8) is 0 Å². The standard InChI is InChI=1S/C8H19N/c1-7(9(5)6)8(2,3)4/h7H,1-6H3. The van der Waals surface area contributed by atoms with Gasteiger partial charge in [-0.2, -0.15) is 0 Å². The Morgan fingerprint density at radius 3 is 1.44 bits per heavy atom. The van der Waals surface area contributed by atoms with Gasteiger partial charge in [0, 0.05) is 6.04 Å². The van der Waals surface area contributed by atoms with Crippen LogP contribution in [0.2, 0.25) is 0 Å². The van der Waals surface area contributed by atoms with Crippen LogP contribution in [0.3, 0.4) is 0 Å². The fourth-order valence-corrected chi connectivity index (χ4v) is 0.775. The molecule has 0 aliphatic carbocycles. The molecule has 0 rings (SSSR count). The first kappa shape index (κ1) is 8.96. The van der Waals surface area contributed by atoms with E-state index in [1.54, 1.807) is 0 Å². The Labute approximate surface area is 59.1 Å². The van der Waals surface area contributed by atoms with Gasteiger partial charge in [0.05, 0.1) is 0 Å². The van der Waals surface area contributed by atoms with Crippen molar-refractivity contribution in [3.05, 3.63) is 0 Å². The maximum absolute atomic E-state index is 2.26. The number of hydrogen-bond acceptors (Lipinski definition) is 1. The third kappa shape index (κ3) is 2.85. The monoisotopic (exact) mass is 129 g/mol. The molecule has 0 fully saturated rings. The van der Waals surface area contributed by atoms with Crippen LogP contribution in [0.15, 0.2) is 0 Å². The molecular weight excluding hydrogens is 110 g/mol. The molecule has 56 valence electrons. The molecule has 1 nitrogen and oxygen atoms in total. The molecule has 1 heteroatoms. The lowest BCUT2D eigenvalue weighted by Crippen LogP contribution is -2.36. The zero-order chi connectivity index (χ0) is 7.65. The van der Waals surface area contributed by atoms with Crippen molar-refractivity contribution in [1.29, 1.82) is 0 Å². The van der Waals surface area contributed by atoms with Crippen LogP contribution in [0.4, 0.5) is 0 Å². The molecule has 0 saturated carbocycles. The van der Waals surface area contributed by atoms with Gasteiger partial charge in [0.1, 0.15) is 0 Å². The van der Waals surface area contributed by atoms with E-state index in [9.17, 15) is 0 Å². The first-order valence-electron chi connectivity index (χ1n) is 3.52. The molecule has 1 unspecified atom stereocenters. The van der Waals surface area contributed by atoms with E-state index < -0.39 is 0 Å². The summed E-state index contributed by atoms with van der Waals surface area (Å²) in [5.41, 5.74) is 0.406. The highest BCUT2D eigenvalue weighted by atomic mass is 15.1. The topological polar surface area (TPSA) is 3.24 Å². The summed E-state index contributed by atoms with van der Waals surface area (Å²) in [6.07, 6.45) is 0. The molecule has 0 aromatic rings. The largest absolute Gasteiger partial charge is 0.306 e. The van der Waals surface area contributed by atoms with Gasteiger partial charge in [0.15, 0.2) is 0 Å². The zero-order valence-corrected chi connectivity index (χ0v) is 7.52. The summed E-state index contributed by atoms with van der Waals surface area (Å²) < 4.78 is 0. The van der Waals surface area contributed by atoms with Gasteiger partial charge in [-0.25, -0.2) is 0 Å². The minimum atomic E-state index is 0.406. The lowest BCUT2D eigenvalue weighted by atomic mass is 9.87. The Balaban J connectivity index is 3.88. The van der Waals surface area contributed by atoms with Gasteiger partial charge in [0.2, 0.25) is 0 Å². The highest BCUT2D eigenvalue weighted by Gasteiger charge is 2.20. The molecule has 0 bridgehead atoms. The molecule has 0 aromatic heterocycles. The van der Waals surface area contributed by atoms with Crippen molar-refractivity contribution >= 4 is 0 Å². The molecule has 0 aliphatic rings. The third-order valence-electron chi connectivity index (χ3n) is 2.03. The van der Waals surface area contributed by atoms with E-state index in [4.69, 9.17) is 0 Å². The molecule has 0 spiro atoms. The van der Waals surface area contributed by atoms with Crippen molar-refractivity contribution in [2.45, 2.75) is 33.7 Å². The fraction of sp³-hybridized carbons (Fsp3) is 1.00. The average Bonchev–Trinajstić information content (AvgIpc) is 1.62. The Bertz CT molecular complexity index is 79.1. The lowest BCUT2D eigenvalue weighted by molar-refractivity contribution is 0.169. The van der Waals surface area contributed by atoms with E-state index in [0.29, 0.717) is 11.5 Å². The predicted molar refractivity (Wildman–Crippen MR) is 42.6 cm³/mol. The summed E-state index contributed by atoms with van der Waals surface area (Å²) in [4.78, 5) is 2.25. The van der Waals surface area contributed by atoms with Gasteiger partial charge >= 0.3 is 0 Å². The van der Waals surface area contributed by atoms with Crippen molar-refractivity contribution in [3.8, 4) is 0 Å². The zero-order valence-electron chi connectivity index (χ0n) is 7.52. The van der Waals surface area contributed by atoms with Gasteiger partial charge in [-0.1, -0.05) is 20.8 Å². The predicted octanol–water partition coefficient (Wildman–Crippen LogP) is 1.98. The average molecular weight is 129 g/mol. The van der Waals surface area contributed by atoms with E-state index in [0.717, 1.165) is 0 Å². The summed E-state index contributed by atoms with van der Waals surface area (Å²) in [6, 6.07) is 0.650. The summed E-state index contributed by atoms with van der Waals surface area (Å²) in [5.74, 6) is 0. The molecular formula is C8H19N. The van der Waals surface area contributed by atoms with Crippen LogP contribution >= 0.6 is 0 Å². The van der Waals surface area contributed by atoms with E-state index in [1.807, 2.05) is 0 Å². The van der Waals surface area contributed by atoms with Crippen LogP contribution in [0.25, 0.3) is 0 Å². The van der Waals surface area contributed by atoms with Crippen LogP contribution in [0, 0.1) is 5.41 Å². The second-order valence-electron chi connectivity index (χ2n) is 4.01. The maximum Gasteiger partial charge on any atom is 0.0109 e. The van der Waals surface area contributed by atoms with Crippen molar-refractivity contribution in [1.82, 2.24) is 4.90 Å². The maximum atomic E-state index is 2.26. The van der Waals surface area contributed by atoms with Gasteiger partial charge in [0.25, 0.3) is 0 Å². The first-order valence-corrected chi connectivity index (χ1v) is 3.52. The highest BCUT2D eigenvalue weighted by Crippen LogP contribution is 2.21. The Morgan fingerprint density at radius 2 is 1.44 bits per heavy atom. The number of rotatable bonds is 1. The van der Waals surface area contributed by atoms with Crippen molar-refractivity contribution in [2.75, 3.05) is 14.1 Å². The molecule has 0 amide bonds. The number of hydrogen-bond donors (Lipinski definition) is 0. The van der Waals surface area contributed by atoms with Crippen LogP contribution in [-0.2, 0) is 0 Å². The van der Waals surface area contributed by atoms with E-state index >= 15 is 0 Å². The van der Waals surface area contributed by atoms with Crippen LogP contribution in [0.1, 0.15) is 27.7 Å². The van der Waals surface area contributed by atoms with Gasteiger partial charge in [-0.3, -0.25) is 0 Å². The summed E-state index contributed by atoms with van der Waals surface area (Å²) >= 11 is 0. The molecule has 0 aliphatic heterocycles. The van der Waals surface area contributed by atoms with Gasteiger partial charge in [-0.05, 0) is 26.4 Å². The van der Waals surface area contributed by atoms with Crippen LogP contribution < -0.4 is 0 Å². The minimum absolute atomic E-state index is 0.406. The minimum Gasteiger partial charge on any atom is -0.306 e. The highest BCUT2D eigenvalue weighted by molar-refractivity contribution is 4.74. The SMILES string of the molecule is CC(N(C)C)C(C)(C)C. The second kappa shape index (κ2) is 2.70. The van der Waals surface area contributed by atoms with Gasteiger partial charge < -0.3 is 4.90 Å². The molecule has 0 aromatic carbocycles. The van der Waals surface area contributed by atoms with Crippen LogP contribution in [-0.4, -0.2) is 25.0 Å². The molecule has 0 N–H and O–H groups in total. The van der Waals surface area contributed by atoms with Gasteiger partial charge in [-0.15, -0.1) is 0 Å². The summed E-state index contributed by atoms with van der Waals surface area (Å²) in [7, 11) is 4.24. The number of nitrogens with zero attached hydrogens (tertiary/aromatic N) is 1. The van der Waals surface area contributed by atoms with Crippen molar-refractivity contribution in [2.24, 2.45) is 5.41 Å². The van der Waals surface area contributed by atoms with E-state index in [2.05, 4.69) is 46.7 Å². The summed E-state index contributed by atoms with van der Waals surface area (Å²) in [6.45, 7) is 9.03. The van der Waals surface area contributed by atoms with Crippen molar-refractivity contribution < 1.29 is 0 Å². The molecule has 0 radical (unpaired) electrons. The van der Waals surface area contributed by atoms with E-state index in [-0.39, 0.29) is 0 Å². The lowest BCUT2D eigenvalue weighted by Gasteiger charge is -2.32. The molecule has 0 heterocycles. The fourth-order valence-electron chi connectivity index (χ4n) is 0.775. The normalized spacial score (nSPS) is 16.3. The van der Waals surface area contributed by atoms with E-state index in [1.165, 1.54) is 0 Å². The Morgan fingerprint density at radius 1 is 1.11 bits per heavy atom. The quantitative estimate of drug-likeness (QED) is 0.523.